The van der Waals surface area contributed by atoms with E-state index >= 15 is 0 Å². The van der Waals surface area contributed by atoms with Crippen molar-refractivity contribution < 1.29 is 13.9 Å². The van der Waals surface area contributed by atoms with Crippen molar-refractivity contribution in [3.8, 4) is 0 Å². The van der Waals surface area contributed by atoms with Gasteiger partial charge in [0, 0.05) is 30.8 Å². The second-order valence-corrected chi connectivity index (χ2v) is 4.35. The van der Waals surface area contributed by atoms with Crippen molar-refractivity contribution in [3.63, 3.8) is 0 Å². The van der Waals surface area contributed by atoms with E-state index in [1.54, 1.807) is 0 Å². The van der Waals surface area contributed by atoms with Crippen LogP contribution in [0, 0.1) is 5.82 Å². The van der Waals surface area contributed by atoms with Crippen LogP contribution in [0.15, 0.2) is 18.2 Å². The summed E-state index contributed by atoms with van der Waals surface area (Å²) in [5, 5.41) is 0. The molecule has 112 valence electrons. The molecule has 6 heteroatoms. The number of carbonyl (C=O) groups excluding carboxylic acids is 1. The third-order valence-corrected chi connectivity index (χ3v) is 3.04. The first-order chi connectivity index (χ1) is 9.62. The molecule has 0 spiro atoms. The molecule has 0 aliphatic rings. The summed E-state index contributed by atoms with van der Waals surface area (Å²) in [6, 6.07) is 4.23. The number of nitrogens with two attached hydrogens (primary N) is 1. The summed E-state index contributed by atoms with van der Waals surface area (Å²) in [5.41, 5.74) is 2.87. The quantitative estimate of drug-likeness (QED) is 0.326. The molecule has 1 aromatic rings. The average Bonchev–Trinajstić information content (AvgIpc) is 2.47. The van der Waals surface area contributed by atoms with Crippen LogP contribution in [0.2, 0.25) is 0 Å². The summed E-state index contributed by atoms with van der Waals surface area (Å²) >= 11 is 0. The predicted octanol–water partition coefficient (Wildman–Crippen LogP) is 1.29. The van der Waals surface area contributed by atoms with Crippen molar-refractivity contribution in [1.82, 2.24) is 10.3 Å². The summed E-state index contributed by atoms with van der Waals surface area (Å²) in [5.74, 6) is 4.33. The fraction of sp³-hybridized carbons (Fsp3) is 0.500. The van der Waals surface area contributed by atoms with Gasteiger partial charge in [-0.05, 0) is 31.7 Å². The Balaban J connectivity index is 2.75. The number of likely N-dealkylation sites (N-methyl/N-ethyl adjacent to an activating group) is 1. The van der Waals surface area contributed by atoms with Gasteiger partial charge >= 0.3 is 0 Å². The van der Waals surface area contributed by atoms with Gasteiger partial charge in [0.15, 0.2) is 0 Å². The average molecular weight is 283 g/mol. The zero-order chi connectivity index (χ0) is 15.0. The van der Waals surface area contributed by atoms with E-state index in [4.69, 9.17) is 10.6 Å². The van der Waals surface area contributed by atoms with Crippen molar-refractivity contribution in [1.29, 1.82) is 0 Å². The Morgan fingerprint density at radius 2 is 2.20 bits per heavy atom. The smallest absolute Gasteiger partial charge is 0.265 e. The number of benzene rings is 1. The lowest BCUT2D eigenvalue weighted by Gasteiger charge is -2.20. The van der Waals surface area contributed by atoms with Gasteiger partial charge in [-0.1, -0.05) is 6.92 Å². The summed E-state index contributed by atoms with van der Waals surface area (Å²) in [6.07, 6.45) is 0. The van der Waals surface area contributed by atoms with E-state index in [9.17, 15) is 9.18 Å². The highest BCUT2D eigenvalue weighted by molar-refractivity contribution is 5.93. The van der Waals surface area contributed by atoms with E-state index in [2.05, 4.69) is 4.90 Å². The van der Waals surface area contributed by atoms with Crippen LogP contribution >= 0.6 is 0 Å². The lowest BCUT2D eigenvalue weighted by atomic mass is 10.1. The third-order valence-electron chi connectivity index (χ3n) is 3.04. The fourth-order valence-corrected chi connectivity index (χ4v) is 1.85. The van der Waals surface area contributed by atoms with Crippen LogP contribution in [0.5, 0.6) is 0 Å². The predicted molar refractivity (Wildman–Crippen MR) is 75.5 cm³/mol. The molecule has 1 amide bonds. The van der Waals surface area contributed by atoms with Gasteiger partial charge in [0.25, 0.3) is 5.91 Å². The molecule has 0 aromatic heterocycles. The van der Waals surface area contributed by atoms with E-state index < -0.39 is 5.91 Å². The van der Waals surface area contributed by atoms with E-state index in [0.29, 0.717) is 30.9 Å². The molecule has 20 heavy (non-hydrogen) atoms. The molecule has 0 heterocycles. The highest BCUT2D eigenvalue weighted by Crippen LogP contribution is 2.13. The highest BCUT2D eigenvalue weighted by atomic mass is 19.1. The largest absolute Gasteiger partial charge is 0.380 e. The Bertz CT molecular complexity index is 440. The van der Waals surface area contributed by atoms with Crippen molar-refractivity contribution in [2.24, 2.45) is 5.84 Å². The Morgan fingerprint density at radius 3 is 2.80 bits per heavy atom. The molecule has 0 atom stereocenters. The Labute approximate surface area is 118 Å². The van der Waals surface area contributed by atoms with Crippen LogP contribution in [0.4, 0.5) is 4.39 Å². The van der Waals surface area contributed by atoms with Gasteiger partial charge < -0.3 is 4.74 Å². The molecule has 5 nitrogen and oxygen atoms in total. The van der Waals surface area contributed by atoms with Crippen molar-refractivity contribution >= 4 is 5.91 Å². The van der Waals surface area contributed by atoms with Crippen molar-refractivity contribution in [2.75, 3.05) is 26.3 Å². The van der Waals surface area contributed by atoms with Crippen molar-refractivity contribution in [2.45, 2.75) is 20.4 Å². The van der Waals surface area contributed by atoms with Gasteiger partial charge in [-0.15, -0.1) is 0 Å². The van der Waals surface area contributed by atoms with Gasteiger partial charge in [-0.2, -0.15) is 0 Å². The van der Waals surface area contributed by atoms with Gasteiger partial charge in [0.05, 0.1) is 6.61 Å². The molecule has 0 aliphatic heterocycles. The number of nitrogens with one attached hydrogen (secondary N) is 1. The molecule has 1 aromatic carbocycles. The number of hydrazine groups is 1. The maximum atomic E-state index is 13.8. The number of carbonyl (C=O) groups is 1. The first kappa shape index (κ1) is 16.6. The zero-order valence-corrected chi connectivity index (χ0v) is 12.0. The van der Waals surface area contributed by atoms with Crippen LogP contribution in [-0.2, 0) is 11.3 Å². The molecule has 0 unspecified atom stereocenters. The molecular formula is C14H22FN3O2. The van der Waals surface area contributed by atoms with Gasteiger partial charge in [-0.25, -0.2) is 10.2 Å². The topological polar surface area (TPSA) is 67.6 Å². The lowest BCUT2D eigenvalue weighted by Crippen LogP contribution is -2.30. The molecule has 0 aliphatic carbocycles. The van der Waals surface area contributed by atoms with Crippen LogP contribution in [0.3, 0.4) is 0 Å². The van der Waals surface area contributed by atoms with E-state index in [1.165, 1.54) is 18.2 Å². The number of hydrogen-bond donors (Lipinski definition) is 2. The summed E-state index contributed by atoms with van der Waals surface area (Å²) < 4.78 is 19.1. The summed E-state index contributed by atoms with van der Waals surface area (Å²) in [6.45, 7) is 7.14. The number of amides is 1. The fourth-order valence-electron chi connectivity index (χ4n) is 1.85. The van der Waals surface area contributed by atoms with E-state index in [-0.39, 0.29) is 5.82 Å². The molecule has 3 N–H and O–H groups in total. The number of hydrogen-bond acceptors (Lipinski definition) is 4. The maximum Gasteiger partial charge on any atom is 0.265 e. The molecule has 0 fully saturated rings. The number of ether oxygens (including phenoxy) is 1. The minimum atomic E-state index is -0.427. The first-order valence-electron chi connectivity index (χ1n) is 6.71. The first-order valence-corrected chi connectivity index (χ1v) is 6.71. The Morgan fingerprint density at radius 1 is 1.45 bits per heavy atom. The van der Waals surface area contributed by atoms with Gasteiger partial charge in [0.2, 0.25) is 0 Å². The minimum absolute atomic E-state index is 0.326. The number of nitrogen functional groups attached to an aromatic ring is 1. The molecule has 0 saturated heterocycles. The van der Waals surface area contributed by atoms with Crippen LogP contribution < -0.4 is 11.3 Å². The minimum Gasteiger partial charge on any atom is -0.380 e. The van der Waals surface area contributed by atoms with E-state index in [0.717, 1.165) is 13.1 Å². The molecule has 0 bridgehead atoms. The highest BCUT2D eigenvalue weighted by Gasteiger charge is 2.11. The number of nitrogens with zero attached hydrogens (tertiary/aromatic N) is 1. The SMILES string of the molecule is CCOCCN(CC)Cc1cc(C(=O)NN)ccc1F. The number of rotatable bonds is 8. The normalized spacial score (nSPS) is 10.8. The Kier molecular flexibility index (Phi) is 7.14. The van der Waals surface area contributed by atoms with Gasteiger partial charge in [-0.3, -0.25) is 15.1 Å². The maximum absolute atomic E-state index is 13.8. The molecule has 1 rings (SSSR count). The summed E-state index contributed by atoms with van der Waals surface area (Å²) in [4.78, 5) is 13.5. The second-order valence-electron chi connectivity index (χ2n) is 4.35. The zero-order valence-electron chi connectivity index (χ0n) is 12.0. The van der Waals surface area contributed by atoms with Crippen LogP contribution in [-0.4, -0.2) is 37.1 Å². The molecular weight excluding hydrogens is 261 g/mol. The third kappa shape index (κ3) is 4.88. The monoisotopic (exact) mass is 283 g/mol. The Hall–Kier alpha value is -1.50. The van der Waals surface area contributed by atoms with Crippen LogP contribution in [0.25, 0.3) is 0 Å². The molecule has 0 saturated carbocycles. The molecule has 0 radical (unpaired) electrons. The van der Waals surface area contributed by atoms with Crippen LogP contribution in [0.1, 0.15) is 29.8 Å². The lowest BCUT2D eigenvalue weighted by molar-refractivity contribution is 0.0953. The van der Waals surface area contributed by atoms with E-state index in [1.807, 2.05) is 19.3 Å². The van der Waals surface area contributed by atoms with Crippen molar-refractivity contribution in [3.05, 3.63) is 35.1 Å². The number of halogens is 1. The summed E-state index contributed by atoms with van der Waals surface area (Å²) in [7, 11) is 0. The van der Waals surface area contributed by atoms with Gasteiger partial charge in [0.1, 0.15) is 5.82 Å². The second kappa shape index (κ2) is 8.63. The standard InChI is InChI=1S/C14H22FN3O2/c1-3-18(7-8-20-4-2)10-12-9-11(14(19)17-16)5-6-13(12)15/h5-6,9H,3-4,7-8,10,16H2,1-2H3,(H,17,19).